The van der Waals surface area contributed by atoms with Crippen LogP contribution in [0.15, 0.2) is 5.34 Å². The normalized spacial score (nSPS) is 2.00. The van der Waals surface area contributed by atoms with E-state index in [1.54, 1.807) is 0 Å². The summed E-state index contributed by atoms with van der Waals surface area (Å²) in [7, 11) is 0. The first kappa shape index (κ1) is 28.6. The van der Waals surface area contributed by atoms with Gasteiger partial charge in [-0.2, -0.15) is 0 Å². The molecule has 0 bridgehead atoms. The second kappa shape index (κ2) is 39.4. The summed E-state index contributed by atoms with van der Waals surface area (Å²) in [6.45, 7) is 0. The van der Waals surface area contributed by atoms with Gasteiger partial charge in [-0.15, -0.1) is 4.91 Å². The van der Waals surface area contributed by atoms with E-state index in [0.717, 1.165) is 0 Å². The molecular formula is H7AlNNaO3. The summed E-state index contributed by atoms with van der Waals surface area (Å²) in [6, 6.07) is 0. The molecule has 0 fully saturated rings. The topological polar surface area (TPSA) is 81.2 Å². The van der Waals surface area contributed by atoms with E-state index in [1.807, 2.05) is 0 Å². The molecular weight excluding hydrogens is 112 g/mol. The molecule has 6 heavy (non-hydrogen) atoms. The quantitative estimate of drug-likeness (QED) is 0.197. The Balaban J connectivity index is -0.00000000333. The first-order valence-corrected chi connectivity index (χ1v) is 0.383. The van der Waals surface area contributed by atoms with E-state index in [1.165, 1.54) is 5.34 Å². The van der Waals surface area contributed by atoms with Gasteiger partial charge in [0.25, 0.3) is 0 Å². The zero-order valence-electron chi connectivity index (χ0n) is 3.80. The molecule has 6 heteroatoms. The third-order valence-corrected chi connectivity index (χ3v) is 0. The minimum atomic E-state index is 0. The molecule has 0 aliphatic rings. The van der Waals surface area contributed by atoms with Crippen LogP contribution in [0.5, 0.6) is 0 Å². The minimum absolute atomic E-state index is 0. The second-order valence-electron chi connectivity index (χ2n) is 0.0816. The van der Waals surface area contributed by atoms with Crippen molar-refractivity contribution in [1.29, 1.82) is 0 Å². The number of hydrogen-bond acceptors (Lipinski definition) is 2. The van der Waals surface area contributed by atoms with E-state index in [4.69, 9.17) is 10.1 Å². The third-order valence-electron chi connectivity index (χ3n) is 0. The second-order valence-corrected chi connectivity index (χ2v) is 0.0816. The maximum absolute atomic E-state index is 8.11. The molecule has 0 radical (unpaired) electrons. The Hall–Kier alpha value is 0.892. The zero-order valence-corrected chi connectivity index (χ0v) is 4.80. The molecule has 0 saturated carbocycles. The Labute approximate surface area is 69.1 Å². The molecule has 3 N–H and O–H groups in total. The Morgan fingerprint density at radius 3 is 1.67 bits per heavy atom. The summed E-state index contributed by atoms with van der Waals surface area (Å²) < 4.78 is 0. The first-order chi connectivity index (χ1) is 1.41. The van der Waals surface area contributed by atoms with Gasteiger partial charge in [0.1, 0.15) is 0 Å². The Kier molecular flexibility index (Phi) is 188. The fourth-order valence-electron chi connectivity index (χ4n) is 0. The Morgan fingerprint density at radius 1 is 1.67 bits per heavy atom. The van der Waals surface area contributed by atoms with Gasteiger partial charge >= 0.3 is 29.6 Å². The van der Waals surface area contributed by atoms with Crippen molar-refractivity contribution < 1.29 is 41.7 Å². The summed E-state index contributed by atoms with van der Waals surface area (Å²) in [4.78, 5) is 8.11. The van der Waals surface area contributed by atoms with Crippen molar-refractivity contribution in [2.24, 2.45) is 5.34 Å². The molecule has 0 aromatic rings. The van der Waals surface area contributed by atoms with Crippen molar-refractivity contribution in [2.45, 2.75) is 0 Å². The van der Waals surface area contributed by atoms with Crippen LogP contribution in [-0.4, -0.2) is 28.0 Å². The molecule has 0 atom stereocenters. The van der Waals surface area contributed by atoms with Gasteiger partial charge in [-0.25, -0.2) is 0 Å². The van der Waals surface area contributed by atoms with Crippen LogP contribution in [-0.2, 0) is 0 Å². The van der Waals surface area contributed by atoms with Gasteiger partial charge < -0.3 is 12.1 Å². The van der Waals surface area contributed by atoms with Crippen molar-refractivity contribution in [2.75, 3.05) is 0 Å². The number of nitrogens with zero attached hydrogens (tertiary/aromatic N) is 1. The van der Waals surface area contributed by atoms with Crippen LogP contribution in [0.4, 0.5) is 0 Å². The van der Waals surface area contributed by atoms with Gasteiger partial charge in [0.2, 0.25) is 0 Å². The smallest absolute Gasteiger partial charge is 1.00 e. The van der Waals surface area contributed by atoms with E-state index in [2.05, 4.69) is 0 Å². The van der Waals surface area contributed by atoms with E-state index in [-0.39, 0.29) is 53.8 Å². The molecule has 34 valence electrons. The molecule has 0 amide bonds. The van der Waals surface area contributed by atoms with Crippen LogP contribution in [0.3, 0.4) is 0 Å². The maximum atomic E-state index is 8.11. The SMILES string of the molecule is O.O=NO.[AlH3].[H-].[Na+]. The monoisotopic (exact) mass is 119 g/mol. The average molecular weight is 119 g/mol. The first-order valence-electron chi connectivity index (χ1n) is 0.383. The Bertz CT molecular complexity index is 22.4. The van der Waals surface area contributed by atoms with Crippen LogP contribution in [0.1, 0.15) is 1.43 Å². The summed E-state index contributed by atoms with van der Waals surface area (Å²) >= 11 is 0. The van der Waals surface area contributed by atoms with E-state index in [0.29, 0.717) is 0 Å². The van der Waals surface area contributed by atoms with Crippen molar-refractivity contribution in [1.82, 2.24) is 0 Å². The van der Waals surface area contributed by atoms with Crippen LogP contribution in [0, 0.1) is 4.91 Å². The Morgan fingerprint density at radius 2 is 1.67 bits per heavy atom. The predicted octanol–water partition coefficient (Wildman–Crippen LogP) is -4.75. The van der Waals surface area contributed by atoms with Gasteiger partial charge in [0, 0.05) is 0 Å². The number of rotatable bonds is 0. The molecule has 0 aliphatic carbocycles. The fourth-order valence-corrected chi connectivity index (χ4v) is 0. The zero-order chi connectivity index (χ0) is 2.71. The van der Waals surface area contributed by atoms with Crippen molar-refractivity contribution in [3.63, 3.8) is 0 Å². The molecule has 0 aromatic heterocycles. The maximum Gasteiger partial charge on any atom is 1.00 e. The minimum Gasteiger partial charge on any atom is -1.00 e. The molecule has 0 heterocycles. The molecule has 4 nitrogen and oxygen atoms in total. The van der Waals surface area contributed by atoms with Crippen molar-refractivity contribution in [3.8, 4) is 0 Å². The van der Waals surface area contributed by atoms with Gasteiger partial charge in [-0.3, -0.25) is 0 Å². The van der Waals surface area contributed by atoms with Crippen LogP contribution < -0.4 is 29.6 Å². The largest absolute Gasteiger partial charge is 1.00 e. The molecule has 0 rings (SSSR count). The van der Waals surface area contributed by atoms with Gasteiger partial charge in [0.05, 0.1) is 0 Å². The standard InChI is InChI=1S/Al.HNO2.Na.H2O.4H/c;2-1-3;;;;;;/h;(H,2,3);;1H2;;;;/q;;+1;;;;;-1. The summed E-state index contributed by atoms with van der Waals surface area (Å²) in [5, 5.41) is 7.89. The predicted molar refractivity (Wildman–Crippen MR) is 22.2 cm³/mol. The van der Waals surface area contributed by atoms with Crippen LogP contribution >= 0.6 is 0 Å². The summed E-state index contributed by atoms with van der Waals surface area (Å²) in [5.74, 6) is 0. The number of hydrogen-bond donors (Lipinski definition) is 1. The summed E-state index contributed by atoms with van der Waals surface area (Å²) in [6.07, 6.45) is 0. The van der Waals surface area contributed by atoms with Crippen LogP contribution in [0.25, 0.3) is 0 Å². The van der Waals surface area contributed by atoms with Crippen molar-refractivity contribution >= 4 is 17.4 Å². The van der Waals surface area contributed by atoms with E-state index < -0.39 is 0 Å². The molecule has 0 unspecified atom stereocenters. The van der Waals surface area contributed by atoms with Crippen molar-refractivity contribution in [3.05, 3.63) is 4.91 Å². The molecule has 0 aromatic carbocycles. The van der Waals surface area contributed by atoms with Crippen LogP contribution in [0.2, 0.25) is 0 Å². The van der Waals surface area contributed by atoms with Gasteiger partial charge in [-0.05, 0) is 0 Å². The van der Waals surface area contributed by atoms with Gasteiger partial charge in [0.15, 0.2) is 22.7 Å². The average Bonchev–Trinajstić information content (AvgIpc) is 0.918. The van der Waals surface area contributed by atoms with E-state index in [9.17, 15) is 0 Å². The molecule has 0 spiro atoms. The molecule has 0 aliphatic heterocycles. The van der Waals surface area contributed by atoms with Gasteiger partial charge in [-0.1, -0.05) is 0 Å². The van der Waals surface area contributed by atoms with E-state index >= 15 is 0 Å². The fraction of sp³-hybridized carbons (Fsp3) is 0. The molecule has 0 saturated heterocycles. The summed E-state index contributed by atoms with van der Waals surface area (Å²) in [5.41, 5.74) is 0. The third kappa shape index (κ3) is 93.1.